The average molecular weight is 407 g/mol. The topological polar surface area (TPSA) is 72.1 Å². The minimum Gasteiger partial charge on any atom is -0.411 e. The van der Waals surface area contributed by atoms with Gasteiger partial charge in [-0.1, -0.05) is 29.5 Å². The Labute approximate surface area is 174 Å². The first-order chi connectivity index (χ1) is 13.8. The number of thioether (sulfide) groups is 1. The number of pyridine rings is 1. The number of anilines is 1. The lowest BCUT2D eigenvalue weighted by Crippen LogP contribution is -2.49. The number of fused-ring (bicyclic) bond motifs is 1. The second-order valence-corrected chi connectivity index (χ2v) is 8.56. The molecule has 0 aliphatic carbocycles. The third-order valence-electron chi connectivity index (χ3n) is 4.85. The Morgan fingerprint density at radius 2 is 2.03 bits per heavy atom. The summed E-state index contributed by atoms with van der Waals surface area (Å²) in [5.41, 5.74) is 4.72. The molecule has 148 valence electrons. The number of rotatable bonds is 4. The molecule has 4 rings (SSSR count). The molecule has 0 unspecified atom stereocenters. The summed E-state index contributed by atoms with van der Waals surface area (Å²) in [5, 5.41) is 8.46. The van der Waals surface area contributed by atoms with Gasteiger partial charge in [0.2, 0.25) is 11.8 Å². The molecule has 2 aromatic heterocycles. The van der Waals surface area contributed by atoms with Gasteiger partial charge in [-0.15, -0.1) is 10.2 Å². The summed E-state index contributed by atoms with van der Waals surface area (Å²) >= 11 is 1.24. The molecule has 3 heterocycles. The maximum absolute atomic E-state index is 13.2. The van der Waals surface area contributed by atoms with Crippen LogP contribution in [0.2, 0.25) is 0 Å². The summed E-state index contributed by atoms with van der Waals surface area (Å²) in [6.07, 6.45) is 5.49. The first-order valence-corrected chi connectivity index (χ1v) is 10.3. The molecule has 7 heteroatoms. The summed E-state index contributed by atoms with van der Waals surface area (Å²) < 4.78 is 5.68. The van der Waals surface area contributed by atoms with Crippen LogP contribution in [-0.4, -0.2) is 32.4 Å². The number of benzene rings is 1. The van der Waals surface area contributed by atoms with Crippen LogP contribution in [0.25, 0.3) is 17.0 Å². The summed E-state index contributed by atoms with van der Waals surface area (Å²) in [6.45, 7) is 8.25. The molecule has 0 saturated heterocycles. The minimum atomic E-state index is -0.417. The van der Waals surface area contributed by atoms with Crippen molar-refractivity contribution in [3.63, 3.8) is 0 Å². The van der Waals surface area contributed by atoms with E-state index in [9.17, 15) is 4.79 Å². The van der Waals surface area contributed by atoms with E-state index in [0.717, 1.165) is 16.8 Å². The van der Waals surface area contributed by atoms with Crippen molar-refractivity contribution in [2.75, 3.05) is 10.7 Å². The highest BCUT2D eigenvalue weighted by Crippen LogP contribution is 2.39. The van der Waals surface area contributed by atoms with Gasteiger partial charge in [0.15, 0.2) is 0 Å². The Morgan fingerprint density at radius 3 is 2.79 bits per heavy atom. The summed E-state index contributed by atoms with van der Waals surface area (Å²) in [6, 6.07) is 9.85. The van der Waals surface area contributed by atoms with Crippen LogP contribution in [0.4, 0.5) is 5.69 Å². The van der Waals surface area contributed by atoms with Crippen LogP contribution in [0.3, 0.4) is 0 Å². The van der Waals surface area contributed by atoms with Gasteiger partial charge >= 0.3 is 0 Å². The van der Waals surface area contributed by atoms with E-state index in [4.69, 9.17) is 4.42 Å². The Bertz CT molecular complexity index is 1090. The largest absolute Gasteiger partial charge is 0.411 e. The molecule has 1 amide bonds. The van der Waals surface area contributed by atoms with Gasteiger partial charge in [0.1, 0.15) is 0 Å². The van der Waals surface area contributed by atoms with Crippen LogP contribution in [0.5, 0.6) is 0 Å². The number of carbonyl (C=O) groups excluding carboxylic acids is 1. The van der Waals surface area contributed by atoms with Crippen LogP contribution in [0.1, 0.15) is 31.9 Å². The lowest BCUT2D eigenvalue weighted by Gasteiger charge is -2.41. The summed E-state index contributed by atoms with van der Waals surface area (Å²) in [7, 11) is 0. The Balaban J connectivity index is 1.54. The number of hydrogen-bond acceptors (Lipinski definition) is 6. The number of carbonyl (C=O) groups is 1. The highest BCUT2D eigenvalue weighted by atomic mass is 32.2. The number of hydrogen-bond donors (Lipinski definition) is 0. The van der Waals surface area contributed by atoms with E-state index in [-0.39, 0.29) is 11.7 Å². The maximum Gasteiger partial charge on any atom is 0.277 e. The fourth-order valence-electron chi connectivity index (χ4n) is 3.66. The van der Waals surface area contributed by atoms with Crippen LogP contribution < -0.4 is 4.90 Å². The zero-order valence-electron chi connectivity index (χ0n) is 16.8. The first kappa shape index (κ1) is 19.4. The Morgan fingerprint density at radius 1 is 1.21 bits per heavy atom. The third-order valence-corrected chi connectivity index (χ3v) is 5.65. The molecule has 0 spiro atoms. The van der Waals surface area contributed by atoms with Crippen LogP contribution >= 0.6 is 11.8 Å². The highest BCUT2D eigenvalue weighted by molar-refractivity contribution is 7.99. The Hall–Kier alpha value is -2.93. The molecule has 3 aromatic rings. The first-order valence-electron chi connectivity index (χ1n) is 9.35. The van der Waals surface area contributed by atoms with Crippen molar-refractivity contribution in [1.82, 2.24) is 15.2 Å². The van der Waals surface area contributed by atoms with Crippen molar-refractivity contribution >= 4 is 28.9 Å². The smallest absolute Gasteiger partial charge is 0.277 e. The fraction of sp³-hybridized carbons (Fsp3) is 0.273. The fourth-order valence-corrected chi connectivity index (χ4v) is 4.27. The molecular formula is C22H22N4O2S. The minimum absolute atomic E-state index is 0.00465. The van der Waals surface area contributed by atoms with Gasteiger partial charge < -0.3 is 9.32 Å². The Kier molecular flexibility index (Phi) is 5.00. The SMILES string of the molecule is CC1=CC(C)(C)N(C(=O)CSc2nnc(-c3cccnc3)o2)c2ccc(C)cc21. The number of aromatic nitrogens is 3. The monoisotopic (exact) mass is 406 g/mol. The van der Waals surface area contributed by atoms with Gasteiger partial charge in [0, 0.05) is 18.0 Å². The quantitative estimate of drug-likeness (QED) is 0.582. The normalized spacial score (nSPS) is 15.0. The predicted molar refractivity (Wildman–Crippen MR) is 115 cm³/mol. The molecule has 6 nitrogen and oxygen atoms in total. The molecule has 0 bridgehead atoms. The lowest BCUT2D eigenvalue weighted by molar-refractivity contribution is -0.116. The molecule has 1 aliphatic heterocycles. The third kappa shape index (κ3) is 3.82. The van der Waals surface area contributed by atoms with E-state index in [1.165, 1.54) is 22.9 Å². The number of aryl methyl sites for hydroxylation is 1. The summed E-state index contributed by atoms with van der Waals surface area (Å²) in [4.78, 5) is 19.1. The molecule has 0 fully saturated rings. The molecule has 0 N–H and O–H groups in total. The van der Waals surface area contributed by atoms with E-state index in [1.54, 1.807) is 12.4 Å². The summed E-state index contributed by atoms with van der Waals surface area (Å²) in [5.74, 6) is 0.596. The van der Waals surface area contributed by atoms with Crippen LogP contribution in [-0.2, 0) is 4.79 Å². The molecule has 29 heavy (non-hydrogen) atoms. The maximum atomic E-state index is 13.2. The molecule has 0 radical (unpaired) electrons. The molecule has 1 aromatic carbocycles. The van der Waals surface area contributed by atoms with Gasteiger partial charge in [-0.25, -0.2) is 0 Å². The van der Waals surface area contributed by atoms with E-state index in [1.807, 2.05) is 29.2 Å². The predicted octanol–water partition coefficient (Wildman–Crippen LogP) is 4.76. The van der Waals surface area contributed by atoms with Gasteiger partial charge in [-0.05, 0) is 57.5 Å². The van der Waals surface area contributed by atoms with E-state index in [2.05, 4.69) is 55.0 Å². The molecule has 0 saturated carbocycles. The van der Waals surface area contributed by atoms with Gasteiger partial charge in [0.05, 0.1) is 22.5 Å². The van der Waals surface area contributed by atoms with Gasteiger partial charge in [-0.2, -0.15) is 0 Å². The standard InChI is InChI=1S/C22H22N4O2S/c1-14-7-8-18-17(10-14)15(2)11-22(3,4)26(18)19(27)13-29-21-25-24-20(28-21)16-6-5-9-23-12-16/h5-12H,13H2,1-4H3. The van der Waals surface area contributed by atoms with Crippen molar-refractivity contribution in [3.8, 4) is 11.5 Å². The zero-order chi connectivity index (χ0) is 20.6. The van der Waals surface area contributed by atoms with Gasteiger partial charge in [-0.3, -0.25) is 9.78 Å². The number of amides is 1. The highest BCUT2D eigenvalue weighted by Gasteiger charge is 2.35. The second kappa shape index (κ2) is 7.48. The van der Waals surface area contributed by atoms with Gasteiger partial charge in [0.25, 0.3) is 5.22 Å². The molecule has 1 aliphatic rings. The van der Waals surface area contributed by atoms with Crippen LogP contribution in [0.15, 0.2) is 58.4 Å². The van der Waals surface area contributed by atoms with Crippen molar-refractivity contribution in [2.24, 2.45) is 0 Å². The van der Waals surface area contributed by atoms with Crippen LogP contribution in [0, 0.1) is 6.92 Å². The van der Waals surface area contributed by atoms with Crippen molar-refractivity contribution < 1.29 is 9.21 Å². The molecular weight excluding hydrogens is 384 g/mol. The number of nitrogens with zero attached hydrogens (tertiary/aromatic N) is 4. The van der Waals surface area contributed by atoms with E-state index >= 15 is 0 Å². The van der Waals surface area contributed by atoms with E-state index in [0.29, 0.717) is 11.1 Å². The number of allylic oxidation sites excluding steroid dienone is 1. The van der Waals surface area contributed by atoms with Crippen molar-refractivity contribution in [3.05, 3.63) is 59.9 Å². The lowest BCUT2D eigenvalue weighted by atomic mass is 9.88. The van der Waals surface area contributed by atoms with E-state index < -0.39 is 5.54 Å². The molecule has 0 atom stereocenters. The second-order valence-electron chi connectivity index (χ2n) is 7.63. The van der Waals surface area contributed by atoms with Crippen molar-refractivity contribution in [2.45, 2.75) is 38.5 Å². The zero-order valence-corrected chi connectivity index (χ0v) is 17.7. The average Bonchev–Trinajstić information content (AvgIpc) is 3.16. The van der Waals surface area contributed by atoms with Crippen molar-refractivity contribution in [1.29, 1.82) is 0 Å².